The molecule has 2 aromatic rings. The van der Waals surface area contributed by atoms with Crippen LogP contribution < -0.4 is 10.2 Å². The zero-order valence-electron chi connectivity index (χ0n) is 16.6. The maximum absolute atomic E-state index is 12.5. The van der Waals surface area contributed by atoms with Crippen molar-refractivity contribution in [1.82, 2.24) is 0 Å². The molecule has 0 radical (unpaired) electrons. The van der Waals surface area contributed by atoms with Gasteiger partial charge in [-0.25, -0.2) is 0 Å². The summed E-state index contributed by atoms with van der Waals surface area (Å²) >= 11 is 6.08. The van der Waals surface area contributed by atoms with Crippen LogP contribution in [-0.4, -0.2) is 18.4 Å². The van der Waals surface area contributed by atoms with Gasteiger partial charge in [-0.05, 0) is 41.7 Å². The molecule has 1 N–H and O–H groups in total. The summed E-state index contributed by atoms with van der Waals surface area (Å²) in [4.78, 5) is 26.2. The number of carbonyl (C=O) groups is 2. The normalized spacial score (nSPS) is 11.2. The van der Waals surface area contributed by atoms with Gasteiger partial charge in [-0.2, -0.15) is 0 Å². The fourth-order valence-electron chi connectivity index (χ4n) is 2.99. The van der Waals surface area contributed by atoms with Crippen LogP contribution in [0.1, 0.15) is 45.2 Å². The van der Waals surface area contributed by atoms with Crippen LogP contribution in [0.2, 0.25) is 5.02 Å². The van der Waals surface area contributed by atoms with E-state index in [1.807, 2.05) is 37.3 Å². The zero-order valence-corrected chi connectivity index (χ0v) is 17.4. The number of para-hydroxylation sites is 1. The van der Waals surface area contributed by atoms with E-state index in [-0.39, 0.29) is 23.7 Å². The molecule has 0 saturated heterocycles. The van der Waals surface area contributed by atoms with Gasteiger partial charge in [0, 0.05) is 36.3 Å². The number of amides is 2. The van der Waals surface area contributed by atoms with Crippen LogP contribution in [0, 0.1) is 6.92 Å². The quantitative estimate of drug-likeness (QED) is 0.755. The molecule has 4 nitrogen and oxygen atoms in total. The van der Waals surface area contributed by atoms with E-state index in [1.165, 1.54) is 6.92 Å². The van der Waals surface area contributed by atoms with Crippen LogP contribution in [0.5, 0.6) is 0 Å². The number of rotatable bonds is 5. The van der Waals surface area contributed by atoms with Crippen molar-refractivity contribution in [2.45, 2.75) is 46.5 Å². The molecule has 144 valence electrons. The first-order valence-corrected chi connectivity index (χ1v) is 9.41. The molecule has 0 aliphatic heterocycles. The van der Waals surface area contributed by atoms with Gasteiger partial charge >= 0.3 is 0 Å². The minimum absolute atomic E-state index is 0.0762. The van der Waals surface area contributed by atoms with Crippen molar-refractivity contribution in [3.05, 3.63) is 58.6 Å². The molecule has 0 aliphatic rings. The highest BCUT2D eigenvalue weighted by molar-refractivity contribution is 6.31. The lowest BCUT2D eigenvalue weighted by molar-refractivity contribution is -0.117. The Labute approximate surface area is 166 Å². The molecule has 0 heterocycles. The Kier molecular flexibility index (Phi) is 6.66. The Bertz CT molecular complexity index is 840. The second kappa shape index (κ2) is 8.57. The predicted octanol–water partition coefficient (Wildman–Crippen LogP) is 5.33. The molecular formula is C22H27ClN2O2. The van der Waals surface area contributed by atoms with Crippen LogP contribution in [0.4, 0.5) is 11.4 Å². The average molecular weight is 387 g/mol. The van der Waals surface area contributed by atoms with E-state index in [1.54, 1.807) is 17.0 Å². The predicted molar refractivity (Wildman–Crippen MR) is 113 cm³/mol. The number of hydrogen-bond acceptors (Lipinski definition) is 2. The first-order valence-electron chi connectivity index (χ1n) is 9.03. The van der Waals surface area contributed by atoms with Crippen molar-refractivity contribution >= 4 is 34.8 Å². The number of hydrogen-bond donors (Lipinski definition) is 1. The van der Waals surface area contributed by atoms with Gasteiger partial charge in [0.05, 0.1) is 0 Å². The molecule has 2 aromatic carbocycles. The van der Waals surface area contributed by atoms with Crippen molar-refractivity contribution in [2.24, 2.45) is 0 Å². The van der Waals surface area contributed by atoms with E-state index < -0.39 is 0 Å². The molecular weight excluding hydrogens is 360 g/mol. The van der Waals surface area contributed by atoms with E-state index in [0.717, 1.165) is 22.5 Å². The Morgan fingerprint density at radius 2 is 1.78 bits per heavy atom. The van der Waals surface area contributed by atoms with Crippen LogP contribution in [-0.2, 0) is 15.0 Å². The summed E-state index contributed by atoms with van der Waals surface area (Å²) in [6, 6.07) is 13.2. The Morgan fingerprint density at radius 3 is 2.41 bits per heavy atom. The Morgan fingerprint density at radius 1 is 1.11 bits per heavy atom. The average Bonchev–Trinajstić information content (AvgIpc) is 2.57. The van der Waals surface area contributed by atoms with Crippen molar-refractivity contribution in [1.29, 1.82) is 0 Å². The maximum Gasteiger partial charge on any atom is 0.226 e. The molecule has 0 fully saturated rings. The fraction of sp³-hybridized carbons (Fsp3) is 0.364. The number of nitrogens with zero attached hydrogens (tertiary/aromatic N) is 1. The number of anilines is 2. The first kappa shape index (κ1) is 21.0. The van der Waals surface area contributed by atoms with Gasteiger partial charge in [-0.15, -0.1) is 0 Å². The van der Waals surface area contributed by atoms with Crippen LogP contribution in [0.15, 0.2) is 42.5 Å². The summed E-state index contributed by atoms with van der Waals surface area (Å²) in [5.74, 6) is -0.249. The summed E-state index contributed by atoms with van der Waals surface area (Å²) < 4.78 is 0. The third-order valence-corrected chi connectivity index (χ3v) is 4.65. The van der Waals surface area contributed by atoms with Gasteiger partial charge in [0.15, 0.2) is 0 Å². The lowest BCUT2D eigenvalue weighted by Crippen LogP contribution is -2.32. The highest BCUT2D eigenvalue weighted by atomic mass is 35.5. The third kappa shape index (κ3) is 5.57. The summed E-state index contributed by atoms with van der Waals surface area (Å²) in [7, 11) is 0. The topological polar surface area (TPSA) is 49.4 Å². The fourth-order valence-corrected chi connectivity index (χ4v) is 3.16. The molecule has 27 heavy (non-hydrogen) atoms. The van der Waals surface area contributed by atoms with Gasteiger partial charge in [0.1, 0.15) is 0 Å². The molecule has 0 spiro atoms. The van der Waals surface area contributed by atoms with E-state index >= 15 is 0 Å². The number of aryl methyl sites for hydroxylation is 1. The van der Waals surface area contributed by atoms with E-state index in [2.05, 4.69) is 26.1 Å². The van der Waals surface area contributed by atoms with Crippen LogP contribution in [0.3, 0.4) is 0 Å². The van der Waals surface area contributed by atoms with Gasteiger partial charge in [0.25, 0.3) is 0 Å². The summed E-state index contributed by atoms with van der Waals surface area (Å²) in [6.07, 6.45) is 0.198. The summed E-state index contributed by atoms with van der Waals surface area (Å²) in [5, 5.41) is 3.55. The second-order valence-electron chi connectivity index (χ2n) is 7.70. The minimum atomic E-state index is -0.127. The smallest absolute Gasteiger partial charge is 0.226 e. The van der Waals surface area contributed by atoms with E-state index in [9.17, 15) is 9.59 Å². The molecule has 0 unspecified atom stereocenters. The summed E-state index contributed by atoms with van der Waals surface area (Å²) in [5.41, 5.74) is 3.48. The van der Waals surface area contributed by atoms with Gasteiger partial charge in [0.2, 0.25) is 11.8 Å². The standard InChI is InChI=1S/C22H27ClN2O2/c1-15-10-11-17(23)14-20(15)25(16(2)26)13-12-21(27)24-19-9-7-6-8-18(19)22(3,4)5/h6-11,14H,12-13H2,1-5H3,(H,24,27). The van der Waals surface area contributed by atoms with Crippen LogP contribution in [0.25, 0.3) is 0 Å². The molecule has 0 aromatic heterocycles. The lowest BCUT2D eigenvalue weighted by Gasteiger charge is -2.24. The van der Waals surface area contributed by atoms with Crippen molar-refractivity contribution in [3.8, 4) is 0 Å². The van der Waals surface area contributed by atoms with E-state index in [4.69, 9.17) is 11.6 Å². The minimum Gasteiger partial charge on any atom is -0.326 e. The summed E-state index contributed by atoms with van der Waals surface area (Å²) in [6.45, 7) is 10.0. The van der Waals surface area contributed by atoms with Crippen molar-refractivity contribution in [3.63, 3.8) is 0 Å². The second-order valence-corrected chi connectivity index (χ2v) is 8.13. The van der Waals surface area contributed by atoms with Gasteiger partial charge in [-0.3, -0.25) is 9.59 Å². The molecule has 0 atom stereocenters. The van der Waals surface area contributed by atoms with Crippen LogP contribution >= 0.6 is 11.6 Å². The molecule has 2 amide bonds. The molecule has 0 bridgehead atoms. The molecule has 2 rings (SSSR count). The number of carbonyl (C=O) groups excluding carboxylic acids is 2. The van der Waals surface area contributed by atoms with E-state index in [0.29, 0.717) is 11.6 Å². The maximum atomic E-state index is 12.5. The monoisotopic (exact) mass is 386 g/mol. The SMILES string of the molecule is CC(=O)N(CCC(=O)Nc1ccccc1C(C)(C)C)c1cc(Cl)ccc1C. The third-order valence-electron chi connectivity index (χ3n) is 4.41. The lowest BCUT2D eigenvalue weighted by atomic mass is 9.86. The molecule has 0 saturated carbocycles. The number of benzene rings is 2. The first-order chi connectivity index (χ1) is 12.6. The van der Waals surface area contributed by atoms with Crippen molar-refractivity contribution in [2.75, 3.05) is 16.8 Å². The largest absolute Gasteiger partial charge is 0.326 e. The van der Waals surface area contributed by atoms with Crippen molar-refractivity contribution < 1.29 is 9.59 Å². The molecule has 5 heteroatoms. The Balaban J connectivity index is 2.12. The zero-order chi connectivity index (χ0) is 20.2. The van der Waals surface area contributed by atoms with Gasteiger partial charge in [-0.1, -0.05) is 56.6 Å². The highest BCUT2D eigenvalue weighted by Gasteiger charge is 2.20. The molecule has 0 aliphatic carbocycles. The Hall–Kier alpha value is -2.33. The van der Waals surface area contributed by atoms with Gasteiger partial charge < -0.3 is 10.2 Å². The highest BCUT2D eigenvalue weighted by Crippen LogP contribution is 2.29. The number of halogens is 1. The number of nitrogens with one attached hydrogen (secondary N) is 1.